The van der Waals surface area contributed by atoms with Crippen molar-refractivity contribution in [3.8, 4) is 0 Å². The van der Waals surface area contributed by atoms with E-state index in [-0.39, 0.29) is 36.8 Å². The number of nitrogens with zero attached hydrogens (tertiary/aromatic N) is 1. The normalized spacial score (nSPS) is 20.6. The molecular weight excluding hydrogens is 321 g/mol. The van der Waals surface area contributed by atoms with Crippen LogP contribution in [0, 0.1) is 0 Å². The minimum Gasteiger partial charge on any atom is -0.348 e. The van der Waals surface area contributed by atoms with Gasteiger partial charge in [0.25, 0.3) is 5.91 Å². The molecule has 1 aliphatic heterocycles. The van der Waals surface area contributed by atoms with Gasteiger partial charge >= 0.3 is 0 Å². The molecule has 0 radical (unpaired) electrons. The van der Waals surface area contributed by atoms with Crippen molar-refractivity contribution in [2.45, 2.75) is 31.8 Å². The average Bonchev–Trinajstić information content (AvgIpc) is 2.49. The lowest BCUT2D eigenvalue weighted by Crippen LogP contribution is -2.51. The largest absolute Gasteiger partial charge is 0.348 e. The first-order chi connectivity index (χ1) is 9.75. The lowest BCUT2D eigenvalue weighted by Gasteiger charge is -2.30. The molecule has 1 saturated heterocycles. The van der Waals surface area contributed by atoms with Crippen LogP contribution in [0.5, 0.6) is 0 Å². The maximum Gasteiger partial charge on any atom is 0.253 e. The Kier molecular flexibility index (Phi) is 7.07. The second kappa shape index (κ2) is 8.32. The summed E-state index contributed by atoms with van der Waals surface area (Å²) >= 11 is 0. The zero-order valence-electron chi connectivity index (χ0n) is 12.4. The monoisotopic (exact) mass is 341 g/mol. The van der Waals surface area contributed by atoms with E-state index >= 15 is 0 Å². The van der Waals surface area contributed by atoms with Gasteiger partial charge in [0.05, 0.1) is 11.1 Å². The van der Waals surface area contributed by atoms with Crippen LogP contribution in [-0.4, -0.2) is 29.5 Å². The number of fused-ring (bicyclic) bond motifs is 1. The Morgan fingerprint density at radius 1 is 1.27 bits per heavy atom. The second-order valence-electron chi connectivity index (χ2n) is 5.35. The third-order valence-electron chi connectivity index (χ3n) is 3.96. The molecule has 2 N–H and O–H groups in total. The topological polar surface area (TPSA) is 54.0 Å². The number of benzene rings is 1. The van der Waals surface area contributed by atoms with E-state index in [1.165, 1.54) is 0 Å². The number of carbonyl (C=O) groups excluding carboxylic acids is 1. The van der Waals surface area contributed by atoms with Crippen molar-refractivity contribution in [1.82, 2.24) is 15.6 Å². The van der Waals surface area contributed by atoms with Crippen molar-refractivity contribution in [2.24, 2.45) is 0 Å². The standard InChI is InChI=1S/C16H19N3O.2ClH/c1-11-14(8-4-9-17-11)19-16(20)13-7-2-5-12-6-3-10-18-15(12)13;;/h2-3,5-7,10-11,14,17H,4,8-9H2,1H3,(H,19,20);2*1H. The fourth-order valence-corrected chi connectivity index (χ4v) is 2.77. The lowest BCUT2D eigenvalue weighted by molar-refractivity contribution is 0.0921. The van der Waals surface area contributed by atoms with Gasteiger partial charge in [0.2, 0.25) is 0 Å². The Balaban J connectivity index is 0.00000121. The molecule has 0 bridgehead atoms. The molecule has 2 heterocycles. The van der Waals surface area contributed by atoms with Gasteiger partial charge in [-0.25, -0.2) is 0 Å². The summed E-state index contributed by atoms with van der Waals surface area (Å²) in [6, 6.07) is 10.1. The molecular formula is C16H21Cl2N3O. The third kappa shape index (κ3) is 3.88. The van der Waals surface area contributed by atoms with Crippen molar-refractivity contribution in [2.75, 3.05) is 6.54 Å². The van der Waals surface area contributed by atoms with Crippen molar-refractivity contribution < 1.29 is 4.79 Å². The number of hydrogen-bond donors (Lipinski definition) is 2. The number of halogens is 2. The molecule has 1 aromatic carbocycles. The van der Waals surface area contributed by atoms with Gasteiger partial charge in [-0.15, -0.1) is 24.8 Å². The first-order valence-corrected chi connectivity index (χ1v) is 7.14. The summed E-state index contributed by atoms with van der Waals surface area (Å²) in [4.78, 5) is 16.8. The molecule has 0 spiro atoms. The molecule has 3 rings (SSSR count). The number of nitrogens with one attached hydrogen (secondary N) is 2. The molecule has 1 fully saturated rings. The number of hydrogen-bond acceptors (Lipinski definition) is 3. The van der Waals surface area contributed by atoms with Crippen molar-refractivity contribution in [3.05, 3.63) is 42.1 Å². The Hall–Kier alpha value is -1.36. The molecule has 0 aliphatic carbocycles. The summed E-state index contributed by atoms with van der Waals surface area (Å²) in [6.45, 7) is 3.15. The average molecular weight is 342 g/mol. The molecule has 1 aliphatic rings. The van der Waals surface area contributed by atoms with E-state index in [0.29, 0.717) is 11.6 Å². The summed E-state index contributed by atoms with van der Waals surface area (Å²) in [5.41, 5.74) is 1.42. The fourth-order valence-electron chi connectivity index (χ4n) is 2.77. The molecule has 120 valence electrons. The highest BCUT2D eigenvalue weighted by Crippen LogP contribution is 2.17. The number of para-hydroxylation sites is 1. The highest BCUT2D eigenvalue weighted by molar-refractivity contribution is 6.05. The van der Waals surface area contributed by atoms with Crippen LogP contribution >= 0.6 is 24.8 Å². The predicted molar refractivity (Wildman–Crippen MR) is 94.2 cm³/mol. The SMILES string of the molecule is CC1NCCCC1NC(=O)c1cccc2cccnc12.Cl.Cl. The zero-order valence-corrected chi connectivity index (χ0v) is 14.0. The molecule has 1 amide bonds. The van der Waals surface area contributed by atoms with Crippen LogP contribution in [0.3, 0.4) is 0 Å². The van der Waals surface area contributed by atoms with Crippen LogP contribution < -0.4 is 10.6 Å². The number of aromatic nitrogens is 1. The fraction of sp³-hybridized carbons (Fsp3) is 0.375. The quantitative estimate of drug-likeness (QED) is 0.882. The Bertz CT molecular complexity index is 630. The minimum absolute atomic E-state index is 0. The molecule has 2 atom stereocenters. The number of rotatable bonds is 2. The number of carbonyl (C=O) groups is 1. The summed E-state index contributed by atoms with van der Waals surface area (Å²) < 4.78 is 0. The first kappa shape index (κ1) is 18.7. The van der Waals surface area contributed by atoms with Gasteiger partial charge in [-0.05, 0) is 38.4 Å². The molecule has 6 heteroatoms. The number of piperidine rings is 1. The van der Waals surface area contributed by atoms with Crippen molar-refractivity contribution >= 4 is 41.6 Å². The van der Waals surface area contributed by atoms with Crippen LogP contribution in [0.15, 0.2) is 36.5 Å². The van der Waals surface area contributed by atoms with Gasteiger partial charge in [-0.3, -0.25) is 9.78 Å². The lowest BCUT2D eigenvalue weighted by atomic mass is 9.99. The van der Waals surface area contributed by atoms with Crippen LogP contribution in [-0.2, 0) is 0 Å². The Morgan fingerprint density at radius 3 is 2.82 bits per heavy atom. The molecule has 1 aromatic heterocycles. The molecule has 4 nitrogen and oxygen atoms in total. The Labute approximate surface area is 142 Å². The number of pyridine rings is 1. The van der Waals surface area contributed by atoms with E-state index in [0.717, 1.165) is 30.3 Å². The smallest absolute Gasteiger partial charge is 0.253 e. The highest BCUT2D eigenvalue weighted by Gasteiger charge is 2.23. The van der Waals surface area contributed by atoms with Gasteiger partial charge in [-0.2, -0.15) is 0 Å². The van der Waals surface area contributed by atoms with Crippen molar-refractivity contribution in [3.63, 3.8) is 0 Å². The van der Waals surface area contributed by atoms with E-state index < -0.39 is 0 Å². The van der Waals surface area contributed by atoms with Crippen LogP contribution in [0.1, 0.15) is 30.1 Å². The van der Waals surface area contributed by atoms with Gasteiger partial charge in [0.1, 0.15) is 0 Å². The van der Waals surface area contributed by atoms with Crippen LogP contribution in [0.25, 0.3) is 10.9 Å². The van der Waals surface area contributed by atoms with Crippen LogP contribution in [0.2, 0.25) is 0 Å². The van der Waals surface area contributed by atoms with E-state index in [4.69, 9.17) is 0 Å². The maximum absolute atomic E-state index is 12.5. The predicted octanol–water partition coefficient (Wildman–Crippen LogP) is 2.95. The summed E-state index contributed by atoms with van der Waals surface area (Å²) in [5.74, 6) is -0.0325. The first-order valence-electron chi connectivity index (χ1n) is 7.14. The summed E-state index contributed by atoms with van der Waals surface area (Å²) in [7, 11) is 0. The van der Waals surface area contributed by atoms with Gasteiger partial charge < -0.3 is 10.6 Å². The molecule has 22 heavy (non-hydrogen) atoms. The van der Waals surface area contributed by atoms with E-state index in [1.54, 1.807) is 6.20 Å². The molecule has 0 saturated carbocycles. The van der Waals surface area contributed by atoms with Gasteiger partial charge in [0.15, 0.2) is 0 Å². The third-order valence-corrected chi connectivity index (χ3v) is 3.96. The zero-order chi connectivity index (χ0) is 13.9. The highest BCUT2D eigenvalue weighted by atomic mass is 35.5. The van der Waals surface area contributed by atoms with Crippen LogP contribution in [0.4, 0.5) is 0 Å². The maximum atomic E-state index is 12.5. The number of amides is 1. The second-order valence-corrected chi connectivity index (χ2v) is 5.35. The van der Waals surface area contributed by atoms with E-state index in [1.807, 2.05) is 30.3 Å². The van der Waals surface area contributed by atoms with Crippen molar-refractivity contribution in [1.29, 1.82) is 0 Å². The Morgan fingerprint density at radius 2 is 2.05 bits per heavy atom. The van der Waals surface area contributed by atoms with Gasteiger partial charge in [0, 0.05) is 23.7 Å². The van der Waals surface area contributed by atoms with E-state index in [9.17, 15) is 4.79 Å². The summed E-state index contributed by atoms with van der Waals surface area (Å²) in [6.07, 6.45) is 3.85. The molecule has 2 aromatic rings. The van der Waals surface area contributed by atoms with Gasteiger partial charge in [-0.1, -0.05) is 18.2 Å². The molecule has 2 unspecified atom stereocenters. The van der Waals surface area contributed by atoms with E-state index in [2.05, 4.69) is 22.5 Å². The minimum atomic E-state index is -0.0325. The summed E-state index contributed by atoms with van der Waals surface area (Å²) in [5, 5.41) is 7.53.